The Hall–Kier alpha value is -3.57. The first-order valence-corrected chi connectivity index (χ1v) is 10.3. The first kappa shape index (κ1) is 21.1. The van der Waals surface area contributed by atoms with E-state index in [-0.39, 0.29) is 4.90 Å². The number of nitrogens with zero attached hydrogens (tertiary/aromatic N) is 2. The number of hydrogen-bond donors (Lipinski definition) is 2. The van der Waals surface area contributed by atoms with E-state index in [1.54, 1.807) is 24.3 Å². The Morgan fingerprint density at radius 3 is 2.50 bits per heavy atom. The van der Waals surface area contributed by atoms with Crippen molar-refractivity contribution in [1.82, 2.24) is 9.55 Å². The average Bonchev–Trinajstić information content (AvgIpc) is 2.70. The number of esters is 1. The number of rotatable bonds is 6. The highest BCUT2D eigenvalue weighted by Gasteiger charge is 2.19. The van der Waals surface area contributed by atoms with E-state index in [0.717, 1.165) is 4.57 Å². The van der Waals surface area contributed by atoms with Gasteiger partial charge in [0.2, 0.25) is 10.0 Å². The molecule has 0 aliphatic carbocycles. The number of aromatic nitrogens is 2. The van der Waals surface area contributed by atoms with Crippen molar-refractivity contribution in [2.75, 3.05) is 5.32 Å². The topological polar surface area (TPSA) is 150 Å². The number of anilines is 1. The predicted octanol–water partition coefficient (Wildman–Crippen LogP) is 0.614. The lowest BCUT2D eigenvalue weighted by atomic mass is 10.2. The standard InChI is InChI=1S/C19H18N4O6S/c1-12(18(25)22-13-6-8-14(9-7-13)30(20,27)28)29-17(24)10-23-11-21-16-5-3-2-4-15(16)19(23)26/h2-9,11-12H,10H2,1H3,(H,22,25)(H2,20,27,28)/t12-/m1/s1. The minimum Gasteiger partial charge on any atom is -0.451 e. The molecule has 0 aliphatic heterocycles. The fourth-order valence-corrected chi connectivity index (χ4v) is 3.13. The number of para-hydroxylation sites is 1. The van der Waals surface area contributed by atoms with Crippen LogP contribution in [0.3, 0.4) is 0 Å². The first-order valence-electron chi connectivity index (χ1n) is 8.72. The van der Waals surface area contributed by atoms with E-state index >= 15 is 0 Å². The number of sulfonamides is 1. The Labute approximate surface area is 171 Å². The Balaban J connectivity index is 1.62. The predicted molar refractivity (Wildman–Crippen MR) is 108 cm³/mol. The molecule has 0 unspecified atom stereocenters. The summed E-state index contributed by atoms with van der Waals surface area (Å²) in [6.07, 6.45) is 0.0866. The molecule has 3 N–H and O–H groups in total. The van der Waals surface area contributed by atoms with Gasteiger partial charge in [0.05, 0.1) is 22.1 Å². The Bertz CT molecular complexity index is 1270. The molecule has 3 rings (SSSR count). The molecule has 1 atom stereocenters. The summed E-state index contributed by atoms with van der Waals surface area (Å²) >= 11 is 0. The smallest absolute Gasteiger partial charge is 0.326 e. The third kappa shape index (κ3) is 4.88. The molecule has 0 spiro atoms. The number of benzene rings is 2. The Kier molecular flexibility index (Phi) is 5.94. The second-order valence-corrected chi connectivity index (χ2v) is 7.95. The van der Waals surface area contributed by atoms with Gasteiger partial charge >= 0.3 is 5.97 Å². The second-order valence-electron chi connectivity index (χ2n) is 6.39. The molecule has 1 aromatic heterocycles. The highest BCUT2D eigenvalue weighted by molar-refractivity contribution is 7.89. The molecular formula is C19H18N4O6S. The normalized spacial score (nSPS) is 12.3. The number of primary sulfonamides is 1. The number of carbonyl (C=O) groups is 2. The molecule has 156 valence electrons. The van der Waals surface area contributed by atoms with Crippen molar-refractivity contribution in [1.29, 1.82) is 0 Å². The van der Waals surface area contributed by atoms with Crippen molar-refractivity contribution in [3.8, 4) is 0 Å². The number of hydrogen-bond acceptors (Lipinski definition) is 7. The van der Waals surface area contributed by atoms with E-state index in [2.05, 4.69) is 10.3 Å². The van der Waals surface area contributed by atoms with E-state index in [9.17, 15) is 22.8 Å². The molecule has 0 radical (unpaired) electrons. The molecular weight excluding hydrogens is 412 g/mol. The van der Waals surface area contributed by atoms with Crippen LogP contribution in [0.2, 0.25) is 0 Å². The summed E-state index contributed by atoms with van der Waals surface area (Å²) in [6, 6.07) is 11.9. The molecule has 2 aromatic carbocycles. The van der Waals surface area contributed by atoms with Crippen LogP contribution in [0, 0.1) is 0 Å². The molecule has 11 heteroatoms. The van der Waals surface area contributed by atoms with E-state index in [4.69, 9.17) is 9.88 Å². The van der Waals surface area contributed by atoms with Gasteiger partial charge in [-0.2, -0.15) is 0 Å². The SMILES string of the molecule is C[C@@H](OC(=O)Cn1cnc2ccccc2c1=O)C(=O)Nc1ccc(S(N)(=O)=O)cc1. The van der Waals surface area contributed by atoms with E-state index in [0.29, 0.717) is 16.6 Å². The van der Waals surface area contributed by atoms with Gasteiger partial charge in [0.15, 0.2) is 6.10 Å². The van der Waals surface area contributed by atoms with Crippen molar-refractivity contribution >= 4 is 38.5 Å². The number of nitrogens with one attached hydrogen (secondary N) is 1. The molecule has 0 bridgehead atoms. The second kappa shape index (κ2) is 8.43. The van der Waals surface area contributed by atoms with Gasteiger partial charge in [-0.15, -0.1) is 0 Å². The molecule has 30 heavy (non-hydrogen) atoms. The summed E-state index contributed by atoms with van der Waals surface area (Å²) in [7, 11) is -3.84. The summed E-state index contributed by atoms with van der Waals surface area (Å²) in [5.74, 6) is -1.42. The van der Waals surface area contributed by atoms with Gasteiger partial charge in [-0.3, -0.25) is 19.0 Å². The number of amides is 1. The molecule has 0 fully saturated rings. The lowest BCUT2D eigenvalue weighted by Crippen LogP contribution is -2.33. The van der Waals surface area contributed by atoms with Crippen LogP contribution < -0.4 is 16.0 Å². The molecule has 1 amide bonds. The molecule has 3 aromatic rings. The Morgan fingerprint density at radius 1 is 1.17 bits per heavy atom. The van der Waals surface area contributed by atoms with Gasteiger partial charge in [-0.1, -0.05) is 12.1 Å². The van der Waals surface area contributed by atoms with E-state index in [1.807, 2.05) is 0 Å². The molecule has 0 aliphatic rings. The molecule has 0 saturated carbocycles. The minimum absolute atomic E-state index is 0.102. The third-order valence-electron chi connectivity index (χ3n) is 4.16. The van der Waals surface area contributed by atoms with Crippen molar-refractivity contribution in [2.24, 2.45) is 5.14 Å². The van der Waals surface area contributed by atoms with Gasteiger partial charge in [-0.25, -0.2) is 18.5 Å². The molecule has 0 saturated heterocycles. The number of nitrogens with two attached hydrogens (primary N) is 1. The zero-order valence-corrected chi connectivity index (χ0v) is 16.6. The number of fused-ring (bicyclic) bond motifs is 1. The van der Waals surface area contributed by atoms with Crippen LogP contribution in [-0.2, 0) is 30.9 Å². The van der Waals surface area contributed by atoms with Crippen LogP contribution in [0.5, 0.6) is 0 Å². The monoisotopic (exact) mass is 430 g/mol. The van der Waals surface area contributed by atoms with E-state index in [1.165, 1.54) is 37.5 Å². The van der Waals surface area contributed by atoms with E-state index < -0.39 is 40.1 Å². The zero-order valence-electron chi connectivity index (χ0n) is 15.8. The summed E-state index contributed by atoms with van der Waals surface area (Å²) < 4.78 is 28.7. The highest BCUT2D eigenvalue weighted by Crippen LogP contribution is 2.13. The van der Waals surface area contributed by atoms with Crippen molar-refractivity contribution in [3.63, 3.8) is 0 Å². The van der Waals surface area contributed by atoms with Crippen LogP contribution >= 0.6 is 0 Å². The summed E-state index contributed by atoms with van der Waals surface area (Å²) in [5.41, 5.74) is 0.406. The van der Waals surface area contributed by atoms with Crippen LogP contribution in [0.1, 0.15) is 6.92 Å². The van der Waals surface area contributed by atoms with Gasteiger partial charge in [-0.05, 0) is 43.3 Å². The fourth-order valence-electron chi connectivity index (χ4n) is 2.62. The average molecular weight is 430 g/mol. The lowest BCUT2D eigenvalue weighted by Gasteiger charge is -2.14. The lowest BCUT2D eigenvalue weighted by molar-refractivity contribution is -0.153. The van der Waals surface area contributed by atoms with Crippen molar-refractivity contribution < 1.29 is 22.7 Å². The van der Waals surface area contributed by atoms with Crippen LogP contribution in [0.4, 0.5) is 5.69 Å². The maximum Gasteiger partial charge on any atom is 0.326 e. The fraction of sp³-hybridized carbons (Fsp3) is 0.158. The van der Waals surface area contributed by atoms with Crippen LogP contribution in [0.25, 0.3) is 10.9 Å². The summed E-state index contributed by atoms with van der Waals surface area (Å²) in [4.78, 5) is 40.8. The van der Waals surface area contributed by atoms with Crippen LogP contribution in [-0.4, -0.2) is 35.9 Å². The number of carbonyl (C=O) groups excluding carboxylic acids is 2. The highest BCUT2D eigenvalue weighted by atomic mass is 32.2. The van der Waals surface area contributed by atoms with Crippen molar-refractivity contribution in [3.05, 3.63) is 65.2 Å². The molecule has 10 nitrogen and oxygen atoms in total. The quantitative estimate of drug-likeness (QED) is 0.544. The summed E-state index contributed by atoms with van der Waals surface area (Å²) in [6.45, 7) is 0.963. The maximum atomic E-state index is 12.4. The number of ether oxygens (including phenoxy) is 1. The van der Waals surface area contributed by atoms with Gasteiger partial charge in [0.1, 0.15) is 6.54 Å². The maximum absolute atomic E-state index is 12.4. The first-order chi connectivity index (χ1) is 14.1. The van der Waals surface area contributed by atoms with Gasteiger partial charge in [0.25, 0.3) is 11.5 Å². The van der Waals surface area contributed by atoms with Gasteiger partial charge in [0, 0.05) is 5.69 Å². The third-order valence-corrected chi connectivity index (χ3v) is 5.09. The largest absolute Gasteiger partial charge is 0.451 e. The summed E-state index contributed by atoms with van der Waals surface area (Å²) in [5, 5.41) is 7.87. The zero-order chi connectivity index (χ0) is 21.9. The van der Waals surface area contributed by atoms with Crippen molar-refractivity contribution in [2.45, 2.75) is 24.5 Å². The Morgan fingerprint density at radius 2 is 1.83 bits per heavy atom. The minimum atomic E-state index is -3.84. The van der Waals surface area contributed by atoms with Crippen LogP contribution in [0.15, 0.2) is 64.5 Å². The van der Waals surface area contributed by atoms with Gasteiger partial charge < -0.3 is 10.1 Å². The molecule has 1 heterocycles.